The second-order valence-corrected chi connectivity index (χ2v) is 3.71. The van der Waals surface area contributed by atoms with Crippen LogP contribution in [0.2, 0.25) is 0 Å². The highest BCUT2D eigenvalue weighted by atomic mass is 31.1. The zero-order chi connectivity index (χ0) is 9.68. The van der Waals surface area contributed by atoms with Gasteiger partial charge in [-0.25, -0.2) is 0 Å². The van der Waals surface area contributed by atoms with Crippen LogP contribution in [-0.4, -0.2) is 30.3 Å². The van der Waals surface area contributed by atoms with Crippen molar-refractivity contribution >= 4 is 8.25 Å². The molecule has 0 amide bonds. The summed E-state index contributed by atoms with van der Waals surface area (Å²) in [6, 6.07) is 0. The Bertz CT molecular complexity index is 178. The van der Waals surface area contributed by atoms with E-state index < -0.39 is 8.25 Å². The first-order valence-electron chi connectivity index (χ1n) is 4.38. The van der Waals surface area contributed by atoms with Gasteiger partial charge in [-0.15, -0.1) is 9.42 Å². The number of hydrogen-bond acceptors (Lipinski definition) is 4. The summed E-state index contributed by atoms with van der Waals surface area (Å²) in [5.74, 6) is 0. The van der Waals surface area contributed by atoms with E-state index in [1.807, 2.05) is 0 Å². The lowest BCUT2D eigenvalue weighted by Gasteiger charge is -2.17. The summed E-state index contributed by atoms with van der Waals surface area (Å²) in [5, 5.41) is 0. The van der Waals surface area contributed by atoms with Crippen molar-refractivity contribution < 1.29 is 18.7 Å². The van der Waals surface area contributed by atoms with Crippen molar-refractivity contribution in [1.82, 2.24) is 0 Å². The maximum Gasteiger partial charge on any atom is 0.695 e. The van der Waals surface area contributed by atoms with Crippen LogP contribution in [0.4, 0.5) is 0 Å². The SMILES string of the molecule is NCC1OCCCCC1O[P+](=O)O. The van der Waals surface area contributed by atoms with Gasteiger partial charge in [0.1, 0.15) is 12.2 Å². The minimum Gasteiger partial charge on any atom is -0.374 e. The Labute approximate surface area is 78.2 Å². The van der Waals surface area contributed by atoms with Crippen LogP contribution in [0.5, 0.6) is 0 Å². The van der Waals surface area contributed by atoms with E-state index in [2.05, 4.69) is 0 Å². The van der Waals surface area contributed by atoms with E-state index in [0.29, 0.717) is 13.2 Å². The zero-order valence-electron chi connectivity index (χ0n) is 7.39. The third-order valence-corrected chi connectivity index (χ3v) is 2.54. The van der Waals surface area contributed by atoms with E-state index in [4.69, 9.17) is 19.9 Å². The Morgan fingerprint density at radius 3 is 3.00 bits per heavy atom. The van der Waals surface area contributed by atoms with E-state index in [9.17, 15) is 4.57 Å². The summed E-state index contributed by atoms with van der Waals surface area (Å²) < 4.78 is 20.7. The largest absolute Gasteiger partial charge is 0.695 e. The van der Waals surface area contributed by atoms with Crippen LogP contribution in [0.25, 0.3) is 0 Å². The molecule has 0 saturated carbocycles. The van der Waals surface area contributed by atoms with Crippen LogP contribution in [0.15, 0.2) is 0 Å². The van der Waals surface area contributed by atoms with Crippen molar-refractivity contribution in [1.29, 1.82) is 0 Å². The maximum atomic E-state index is 10.5. The fourth-order valence-corrected chi connectivity index (χ4v) is 1.90. The van der Waals surface area contributed by atoms with Crippen molar-refractivity contribution in [2.45, 2.75) is 31.5 Å². The summed E-state index contributed by atoms with van der Waals surface area (Å²) in [5.41, 5.74) is 5.46. The molecule has 13 heavy (non-hydrogen) atoms. The maximum absolute atomic E-state index is 10.5. The molecule has 6 heteroatoms. The van der Waals surface area contributed by atoms with Gasteiger partial charge >= 0.3 is 8.25 Å². The summed E-state index contributed by atoms with van der Waals surface area (Å²) in [7, 11) is -2.55. The summed E-state index contributed by atoms with van der Waals surface area (Å²) >= 11 is 0. The third kappa shape index (κ3) is 3.67. The smallest absolute Gasteiger partial charge is 0.374 e. The molecule has 5 nitrogen and oxygen atoms in total. The van der Waals surface area contributed by atoms with Gasteiger partial charge in [-0.05, 0) is 19.3 Å². The molecule has 0 aromatic carbocycles. The second-order valence-electron chi connectivity index (χ2n) is 3.02. The van der Waals surface area contributed by atoms with Gasteiger partial charge in [0.2, 0.25) is 0 Å². The van der Waals surface area contributed by atoms with Crippen molar-refractivity contribution in [3.63, 3.8) is 0 Å². The van der Waals surface area contributed by atoms with Gasteiger partial charge in [0, 0.05) is 17.7 Å². The van der Waals surface area contributed by atoms with E-state index in [1.165, 1.54) is 0 Å². The normalized spacial score (nSPS) is 31.1. The van der Waals surface area contributed by atoms with Gasteiger partial charge < -0.3 is 10.5 Å². The molecule has 0 aliphatic carbocycles. The molecule has 0 aromatic heterocycles. The number of hydrogen-bond donors (Lipinski definition) is 2. The monoisotopic (exact) mass is 208 g/mol. The van der Waals surface area contributed by atoms with Crippen molar-refractivity contribution in [3.05, 3.63) is 0 Å². The average molecular weight is 208 g/mol. The fourth-order valence-electron chi connectivity index (χ4n) is 1.43. The Balaban J connectivity index is 2.48. The highest BCUT2D eigenvalue weighted by Crippen LogP contribution is 2.26. The highest BCUT2D eigenvalue weighted by molar-refractivity contribution is 7.32. The lowest BCUT2D eigenvalue weighted by molar-refractivity contribution is -0.00849. The van der Waals surface area contributed by atoms with Gasteiger partial charge in [0.15, 0.2) is 0 Å². The van der Waals surface area contributed by atoms with Gasteiger partial charge in [-0.1, -0.05) is 0 Å². The van der Waals surface area contributed by atoms with Crippen LogP contribution >= 0.6 is 8.25 Å². The van der Waals surface area contributed by atoms with E-state index in [0.717, 1.165) is 19.3 Å². The molecule has 0 bridgehead atoms. The molecule has 0 spiro atoms. The summed E-state index contributed by atoms with van der Waals surface area (Å²) in [6.45, 7) is 0.984. The predicted molar refractivity (Wildman–Crippen MR) is 47.3 cm³/mol. The second kappa shape index (κ2) is 5.62. The summed E-state index contributed by atoms with van der Waals surface area (Å²) in [4.78, 5) is 8.60. The van der Waals surface area contributed by atoms with Crippen molar-refractivity contribution in [2.75, 3.05) is 13.2 Å². The number of ether oxygens (including phenoxy) is 1. The molecule has 76 valence electrons. The van der Waals surface area contributed by atoms with E-state index >= 15 is 0 Å². The van der Waals surface area contributed by atoms with Gasteiger partial charge in [0.05, 0.1) is 0 Å². The molecule has 1 fully saturated rings. The van der Waals surface area contributed by atoms with Crippen molar-refractivity contribution in [3.8, 4) is 0 Å². The van der Waals surface area contributed by atoms with Crippen molar-refractivity contribution in [2.24, 2.45) is 5.73 Å². The molecule has 1 saturated heterocycles. The third-order valence-electron chi connectivity index (χ3n) is 2.09. The van der Waals surface area contributed by atoms with Gasteiger partial charge in [-0.2, -0.15) is 0 Å². The molecule has 1 rings (SSSR count). The lowest BCUT2D eigenvalue weighted by atomic mass is 10.1. The lowest BCUT2D eigenvalue weighted by Crippen LogP contribution is -2.35. The van der Waals surface area contributed by atoms with Crippen LogP contribution in [0.3, 0.4) is 0 Å². The molecular formula is C7H15NO4P+. The molecule has 1 aliphatic heterocycles. The molecule has 0 radical (unpaired) electrons. The molecule has 3 unspecified atom stereocenters. The minimum absolute atomic E-state index is 0.242. The topological polar surface area (TPSA) is 81.8 Å². The first kappa shape index (κ1) is 11.0. The first-order chi connectivity index (χ1) is 6.24. The molecule has 3 atom stereocenters. The molecule has 0 aromatic rings. The van der Waals surface area contributed by atoms with Crippen LogP contribution in [-0.2, 0) is 13.8 Å². The Hall–Kier alpha value is -0.0600. The molecule has 1 heterocycles. The quantitative estimate of drug-likeness (QED) is 0.662. The van der Waals surface area contributed by atoms with Crippen LogP contribution < -0.4 is 5.73 Å². The van der Waals surface area contributed by atoms with Crippen LogP contribution in [0, 0.1) is 0 Å². The molecular weight excluding hydrogens is 193 g/mol. The van der Waals surface area contributed by atoms with Crippen LogP contribution in [0.1, 0.15) is 19.3 Å². The Kier molecular flexibility index (Phi) is 4.77. The van der Waals surface area contributed by atoms with Gasteiger partial charge in [-0.3, -0.25) is 0 Å². The number of rotatable bonds is 3. The standard InChI is InChI=1S/C7H14NO4P/c8-5-7-6(12-13(9)10)3-1-2-4-11-7/h6-7H,1-5,8H2/p+1. The summed E-state index contributed by atoms with van der Waals surface area (Å²) in [6.07, 6.45) is 2.07. The average Bonchev–Trinajstić information content (AvgIpc) is 2.28. The zero-order valence-corrected chi connectivity index (χ0v) is 8.28. The Morgan fingerprint density at radius 1 is 1.62 bits per heavy atom. The molecule has 3 N–H and O–H groups in total. The van der Waals surface area contributed by atoms with Gasteiger partial charge in [0.25, 0.3) is 0 Å². The van der Waals surface area contributed by atoms with E-state index in [-0.39, 0.29) is 12.2 Å². The number of nitrogens with two attached hydrogens (primary N) is 1. The predicted octanol–water partition coefficient (Wildman–Crippen LogP) is 0.549. The molecule has 1 aliphatic rings. The highest BCUT2D eigenvalue weighted by Gasteiger charge is 2.31. The Morgan fingerprint density at radius 2 is 2.38 bits per heavy atom. The fraction of sp³-hybridized carbons (Fsp3) is 1.00. The van der Waals surface area contributed by atoms with E-state index in [1.54, 1.807) is 0 Å². The first-order valence-corrected chi connectivity index (χ1v) is 5.51. The minimum atomic E-state index is -2.55.